The van der Waals surface area contributed by atoms with Gasteiger partial charge in [-0.2, -0.15) is 0 Å². The lowest BCUT2D eigenvalue weighted by Crippen LogP contribution is -2.01. The first-order valence-corrected chi connectivity index (χ1v) is 21.0. The van der Waals surface area contributed by atoms with Gasteiger partial charge in [0.2, 0.25) is 0 Å². The molecule has 0 aliphatic carbocycles. The molecule has 0 saturated carbocycles. The molecule has 0 unspecified atom stereocenters. The van der Waals surface area contributed by atoms with E-state index in [1.165, 1.54) is 31.7 Å². The van der Waals surface area contributed by atoms with Gasteiger partial charge in [0.25, 0.3) is 0 Å². The molecule has 1 aliphatic rings. The van der Waals surface area contributed by atoms with Gasteiger partial charge in [-0.15, -0.1) is 0 Å². The minimum absolute atomic E-state index is 0.587. The Kier molecular flexibility index (Phi) is 9.37. The Balaban J connectivity index is 1.13. The van der Waals surface area contributed by atoms with Crippen molar-refractivity contribution in [3.63, 3.8) is 0 Å². The van der Waals surface area contributed by atoms with Crippen LogP contribution in [0.15, 0.2) is 211 Å². The van der Waals surface area contributed by atoms with Crippen LogP contribution in [-0.2, 0) is 0 Å². The average molecular weight is 798 g/mol. The summed E-state index contributed by atoms with van der Waals surface area (Å²) in [6, 6.07) is 61.8. The van der Waals surface area contributed by atoms with E-state index in [-0.39, 0.29) is 0 Å². The standard InChI is InChI=1S/C55H35N5S/c1-3-19-46-36(11-1)23-24-38-25-26-43(33-50(38)49-28-27-37-12-2-4-20-47(37)52(49)61-51-22-6-5-21-48(46)51)55-59-53(41-15-7-13-39(31-41)44-17-9-29-56-34-44)58-54(60-55)42-16-8-14-40(32-42)45-18-10-30-57-35-45/h1-35H/b24-23-. The molecule has 0 radical (unpaired) electrons. The first-order chi connectivity index (χ1) is 30.2. The summed E-state index contributed by atoms with van der Waals surface area (Å²) in [4.78, 5) is 26.8. The van der Waals surface area contributed by atoms with Gasteiger partial charge in [-0.05, 0) is 91.7 Å². The van der Waals surface area contributed by atoms with Crippen LogP contribution in [0, 0.1) is 0 Å². The predicted octanol–water partition coefficient (Wildman–Crippen LogP) is 14.1. The second-order valence-corrected chi connectivity index (χ2v) is 16.0. The second kappa shape index (κ2) is 15.8. The molecule has 4 heterocycles. The smallest absolute Gasteiger partial charge is 0.164 e. The third-order valence-corrected chi connectivity index (χ3v) is 12.4. The number of nitrogens with zero attached hydrogens (tertiary/aromatic N) is 5. The van der Waals surface area contributed by atoms with E-state index in [4.69, 9.17) is 15.0 Å². The zero-order chi connectivity index (χ0) is 40.5. The van der Waals surface area contributed by atoms with Crippen LogP contribution in [0.3, 0.4) is 0 Å². The third kappa shape index (κ3) is 7.09. The third-order valence-electron chi connectivity index (χ3n) is 11.1. The quantitative estimate of drug-likeness (QED) is 0.173. The largest absolute Gasteiger partial charge is 0.264 e. The van der Waals surface area contributed by atoms with Crippen molar-refractivity contribution in [2.45, 2.75) is 9.79 Å². The van der Waals surface area contributed by atoms with Crippen molar-refractivity contribution in [3.8, 4) is 78.7 Å². The molecular weight excluding hydrogens is 763 g/mol. The molecule has 3 aromatic heterocycles. The van der Waals surface area contributed by atoms with E-state index in [9.17, 15) is 0 Å². The van der Waals surface area contributed by atoms with Crippen LogP contribution in [0.25, 0.3) is 102 Å². The highest BCUT2D eigenvalue weighted by Gasteiger charge is 2.20. The van der Waals surface area contributed by atoms with E-state index in [1.54, 1.807) is 12.4 Å². The van der Waals surface area contributed by atoms with Gasteiger partial charge in [0, 0.05) is 62.4 Å². The Morgan fingerprint density at radius 1 is 0.344 bits per heavy atom. The van der Waals surface area contributed by atoms with Crippen LogP contribution in [0.2, 0.25) is 0 Å². The fourth-order valence-electron chi connectivity index (χ4n) is 8.10. The van der Waals surface area contributed by atoms with Crippen LogP contribution < -0.4 is 0 Å². The molecule has 0 saturated heterocycles. The van der Waals surface area contributed by atoms with Gasteiger partial charge in [0.1, 0.15) is 0 Å². The van der Waals surface area contributed by atoms with Crippen molar-refractivity contribution in [2.75, 3.05) is 0 Å². The number of pyridine rings is 2. The maximum atomic E-state index is 5.25. The molecule has 0 fully saturated rings. The van der Waals surface area contributed by atoms with Crippen molar-refractivity contribution in [1.82, 2.24) is 24.9 Å². The Bertz CT molecular complexity index is 3190. The van der Waals surface area contributed by atoms with Crippen LogP contribution in [-0.4, -0.2) is 24.9 Å². The molecule has 0 amide bonds. The summed E-state index contributed by atoms with van der Waals surface area (Å²) >= 11 is 1.83. The Morgan fingerprint density at radius 2 is 0.902 bits per heavy atom. The molecule has 6 heteroatoms. The molecular formula is C55H35N5S. The molecule has 0 atom stereocenters. The first-order valence-electron chi connectivity index (χ1n) is 20.2. The van der Waals surface area contributed by atoms with Crippen molar-refractivity contribution >= 4 is 34.7 Å². The van der Waals surface area contributed by atoms with E-state index in [0.29, 0.717) is 17.5 Å². The number of aromatic nitrogens is 5. The number of benzene rings is 7. The monoisotopic (exact) mass is 797 g/mol. The van der Waals surface area contributed by atoms with Crippen molar-refractivity contribution in [1.29, 1.82) is 0 Å². The van der Waals surface area contributed by atoms with E-state index >= 15 is 0 Å². The van der Waals surface area contributed by atoms with Gasteiger partial charge in [0.05, 0.1) is 0 Å². The van der Waals surface area contributed by atoms with E-state index in [1.807, 2.05) is 48.4 Å². The zero-order valence-electron chi connectivity index (χ0n) is 32.9. The number of hydrogen-bond donors (Lipinski definition) is 0. The molecule has 0 N–H and O–H groups in total. The Morgan fingerprint density at radius 3 is 1.57 bits per heavy atom. The lowest BCUT2D eigenvalue weighted by Gasteiger charge is -2.17. The molecule has 61 heavy (non-hydrogen) atoms. The minimum atomic E-state index is 0.587. The van der Waals surface area contributed by atoms with Gasteiger partial charge in [-0.1, -0.05) is 163 Å². The van der Waals surface area contributed by atoms with E-state index < -0.39 is 0 Å². The highest BCUT2D eigenvalue weighted by molar-refractivity contribution is 7.99. The highest BCUT2D eigenvalue weighted by Crippen LogP contribution is 2.47. The Hall–Kier alpha value is -7.80. The highest BCUT2D eigenvalue weighted by atomic mass is 32.2. The fourth-order valence-corrected chi connectivity index (χ4v) is 9.34. The molecule has 1 aliphatic heterocycles. The SMILES string of the molecule is C1=C\c2ccc(-c3nc(-c4cccc(-c5cccnc5)c4)nc(-c4cccc(-c5cccnc5)c4)n3)cc2-c2ccc3ccccc3c2Sc2ccccc2-c2ccccc2/1. The van der Waals surface area contributed by atoms with Crippen LogP contribution in [0.1, 0.15) is 11.1 Å². The van der Waals surface area contributed by atoms with Gasteiger partial charge < -0.3 is 0 Å². The van der Waals surface area contributed by atoms with Crippen molar-refractivity contribution in [3.05, 3.63) is 212 Å². The summed E-state index contributed by atoms with van der Waals surface area (Å²) in [5, 5.41) is 2.41. The van der Waals surface area contributed by atoms with Gasteiger partial charge >= 0.3 is 0 Å². The summed E-state index contributed by atoms with van der Waals surface area (Å²) in [5.41, 5.74) is 13.7. The summed E-state index contributed by atoms with van der Waals surface area (Å²) in [5.74, 6) is 1.76. The second-order valence-electron chi connectivity index (χ2n) is 14.9. The van der Waals surface area contributed by atoms with E-state index in [0.717, 1.165) is 61.2 Å². The molecule has 7 aromatic carbocycles. The maximum absolute atomic E-state index is 5.25. The number of fused-ring (bicyclic) bond motifs is 8. The first kappa shape index (κ1) is 36.3. The minimum Gasteiger partial charge on any atom is -0.264 e. The van der Waals surface area contributed by atoms with Crippen molar-refractivity contribution < 1.29 is 0 Å². The average Bonchev–Trinajstić information content (AvgIpc) is 3.36. The van der Waals surface area contributed by atoms with Gasteiger partial charge in [-0.3, -0.25) is 9.97 Å². The lowest BCUT2D eigenvalue weighted by molar-refractivity contribution is 1.07. The zero-order valence-corrected chi connectivity index (χ0v) is 33.7. The number of rotatable bonds is 5. The molecule has 0 bridgehead atoms. The van der Waals surface area contributed by atoms with Gasteiger partial charge in [0.15, 0.2) is 17.5 Å². The summed E-state index contributed by atoms with van der Waals surface area (Å²) < 4.78 is 0. The molecule has 0 spiro atoms. The molecule has 286 valence electrons. The van der Waals surface area contributed by atoms with Crippen LogP contribution in [0.4, 0.5) is 0 Å². The van der Waals surface area contributed by atoms with Gasteiger partial charge in [-0.25, -0.2) is 15.0 Å². The topological polar surface area (TPSA) is 64.5 Å². The molecule has 5 nitrogen and oxygen atoms in total. The van der Waals surface area contributed by atoms with Crippen molar-refractivity contribution in [2.24, 2.45) is 0 Å². The Labute approximate surface area is 358 Å². The fraction of sp³-hybridized carbons (Fsp3) is 0. The predicted molar refractivity (Wildman–Crippen MR) is 250 cm³/mol. The van der Waals surface area contributed by atoms with Crippen LogP contribution in [0.5, 0.6) is 0 Å². The normalized spacial score (nSPS) is 12.3. The summed E-state index contributed by atoms with van der Waals surface area (Å²) in [6.07, 6.45) is 11.8. The summed E-state index contributed by atoms with van der Waals surface area (Å²) in [7, 11) is 0. The molecule has 10 aromatic rings. The summed E-state index contributed by atoms with van der Waals surface area (Å²) in [6.45, 7) is 0. The number of hydrogen-bond acceptors (Lipinski definition) is 6. The molecule has 11 rings (SSSR count). The maximum Gasteiger partial charge on any atom is 0.164 e. The van der Waals surface area contributed by atoms with E-state index in [2.05, 4.69) is 174 Å². The lowest BCUT2D eigenvalue weighted by atomic mass is 9.93. The van der Waals surface area contributed by atoms with Crippen LogP contribution >= 0.6 is 11.8 Å².